The van der Waals surface area contributed by atoms with Gasteiger partial charge in [0.1, 0.15) is 18.1 Å². The molecule has 1 aromatic heterocycles. The lowest BCUT2D eigenvalue weighted by Crippen LogP contribution is -2.49. The van der Waals surface area contributed by atoms with Crippen LogP contribution in [0.1, 0.15) is 62.0 Å². The number of hydrogen-bond donors (Lipinski definition) is 0. The minimum atomic E-state index is -0.0286. The number of ether oxygens (including phenoxy) is 2. The Morgan fingerprint density at radius 2 is 1.71 bits per heavy atom. The van der Waals surface area contributed by atoms with E-state index in [2.05, 4.69) is 0 Å². The second kappa shape index (κ2) is 11.6. The van der Waals surface area contributed by atoms with Gasteiger partial charge in [-0.2, -0.15) is 0 Å². The molecule has 2 fully saturated rings. The number of aryl methyl sites for hydroxylation is 1. The molecular weight excluding hydrogens is 444 g/mol. The standard InChI is InChI=1S/C28H38N2O5/c1-20-9-13-24(35-20)18-29(16-15-21-10-14-25(33-2)26(17-21)34-3)27(31)19-30(28(32)22-11-12-22)23-7-5-4-6-8-23/h9-10,13-14,17,22-23H,4-8,11-12,15-16,18-19H2,1-3H3. The second-order valence-corrected chi connectivity index (χ2v) is 9.80. The Hall–Kier alpha value is -2.96. The zero-order valence-electron chi connectivity index (χ0n) is 21.3. The maximum Gasteiger partial charge on any atom is 0.242 e. The molecule has 4 rings (SSSR count). The third-order valence-corrected chi connectivity index (χ3v) is 7.14. The molecule has 1 heterocycles. The molecule has 0 spiro atoms. The molecule has 0 saturated heterocycles. The van der Waals surface area contributed by atoms with Crippen molar-refractivity contribution in [3.8, 4) is 11.5 Å². The first-order chi connectivity index (χ1) is 17.0. The Kier molecular flexibility index (Phi) is 8.37. The minimum Gasteiger partial charge on any atom is -0.493 e. The fourth-order valence-corrected chi connectivity index (χ4v) is 4.94. The number of carbonyl (C=O) groups excluding carboxylic acids is 2. The van der Waals surface area contributed by atoms with Gasteiger partial charge in [0.05, 0.1) is 20.8 Å². The van der Waals surface area contributed by atoms with Crippen molar-refractivity contribution in [2.24, 2.45) is 5.92 Å². The molecule has 0 radical (unpaired) electrons. The molecule has 0 unspecified atom stereocenters. The van der Waals surface area contributed by atoms with Gasteiger partial charge in [0.15, 0.2) is 11.5 Å². The lowest BCUT2D eigenvalue weighted by Gasteiger charge is -2.35. The van der Waals surface area contributed by atoms with Crippen molar-refractivity contribution in [2.45, 2.75) is 70.9 Å². The van der Waals surface area contributed by atoms with Crippen LogP contribution in [0.15, 0.2) is 34.7 Å². The van der Waals surface area contributed by atoms with E-state index in [1.807, 2.05) is 47.1 Å². The van der Waals surface area contributed by atoms with Crippen LogP contribution in [0.2, 0.25) is 0 Å². The number of carbonyl (C=O) groups is 2. The average molecular weight is 483 g/mol. The third-order valence-electron chi connectivity index (χ3n) is 7.14. The molecule has 0 atom stereocenters. The third kappa shape index (κ3) is 6.59. The lowest BCUT2D eigenvalue weighted by molar-refractivity contribution is -0.144. The molecular formula is C28H38N2O5. The Morgan fingerprint density at radius 3 is 2.34 bits per heavy atom. The minimum absolute atomic E-state index is 0.0286. The molecule has 1 aromatic carbocycles. The number of benzene rings is 1. The van der Waals surface area contributed by atoms with E-state index in [1.54, 1.807) is 14.2 Å². The zero-order chi connectivity index (χ0) is 24.8. The summed E-state index contributed by atoms with van der Waals surface area (Å²) in [7, 11) is 3.23. The highest BCUT2D eigenvalue weighted by atomic mass is 16.5. The highest BCUT2D eigenvalue weighted by molar-refractivity contribution is 5.87. The summed E-state index contributed by atoms with van der Waals surface area (Å²) < 4.78 is 16.6. The van der Waals surface area contributed by atoms with Crippen LogP contribution < -0.4 is 9.47 Å². The van der Waals surface area contributed by atoms with Gasteiger partial charge in [0, 0.05) is 18.5 Å². The summed E-state index contributed by atoms with van der Waals surface area (Å²) in [5.41, 5.74) is 1.05. The molecule has 7 heteroatoms. The number of hydrogen-bond acceptors (Lipinski definition) is 5. The maximum atomic E-state index is 13.6. The second-order valence-electron chi connectivity index (χ2n) is 9.80. The molecule has 0 N–H and O–H groups in total. The first-order valence-corrected chi connectivity index (χ1v) is 12.8. The molecule has 2 saturated carbocycles. The van der Waals surface area contributed by atoms with Gasteiger partial charge in [-0.1, -0.05) is 25.3 Å². The van der Waals surface area contributed by atoms with E-state index >= 15 is 0 Å². The van der Waals surface area contributed by atoms with Gasteiger partial charge >= 0.3 is 0 Å². The summed E-state index contributed by atoms with van der Waals surface area (Å²) in [6.07, 6.45) is 8.01. The lowest BCUT2D eigenvalue weighted by atomic mass is 9.93. The van der Waals surface area contributed by atoms with E-state index < -0.39 is 0 Å². The fraction of sp³-hybridized carbons (Fsp3) is 0.571. The number of amides is 2. The normalized spacial score (nSPS) is 16.1. The summed E-state index contributed by atoms with van der Waals surface area (Å²) in [6, 6.07) is 9.84. The van der Waals surface area contributed by atoms with Crippen molar-refractivity contribution < 1.29 is 23.5 Å². The van der Waals surface area contributed by atoms with Gasteiger partial charge in [-0.25, -0.2) is 0 Å². The molecule has 0 aliphatic heterocycles. The van der Waals surface area contributed by atoms with Crippen LogP contribution in [0.5, 0.6) is 11.5 Å². The Morgan fingerprint density at radius 1 is 0.971 bits per heavy atom. The van der Waals surface area contributed by atoms with E-state index in [4.69, 9.17) is 13.9 Å². The molecule has 2 amide bonds. The highest BCUT2D eigenvalue weighted by Crippen LogP contribution is 2.34. The Balaban J connectivity index is 1.49. The molecule has 2 aromatic rings. The van der Waals surface area contributed by atoms with Crippen LogP contribution in [0.3, 0.4) is 0 Å². The summed E-state index contributed by atoms with van der Waals surface area (Å²) in [5, 5.41) is 0. The van der Waals surface area contributed by atoms with Crippen LogP contribution in [0.4, 0.5) is 0 Å². The highest BCUT2D eigenvalue weighted by Gasteiger charge is 2.38. The van der Waals surface area contributed by atoms with Crippen molar-refractivity contribution in [3.63, 3.8) is 0 Å². The van der Waals surface area contributed by atoms with Crippen LogP contribution in [-0.4, -0.2) is 55.0 Å². The molecule has 35 heavy (non-hydrogen) atoms. The monoisotopic (exact) mass is 482 g/mol. The van der Waals surface area contributed by atoms with E-state index in [1.165, 1.54) is 6.42 Å². The summed E-state index contributed by atoms with van der Waals surface area (Å²) in [6.45, 7) is 2.95. The molecule has 7 nitrogen and oxygen atoms in total. The molecule has 190 valence electrons. The van der Waals surface area contributed by atoms with Gasteiger partial charge in [0.25, 0.3) is 0 Å². The van der Waals surface area contributed by atoms with E-state index in [0.29, 0.717) is 31.0 Å². The van der Waals surface area contributed by atoms with Crippen LogP contribution >= 0.6 is 0 Å². The van der Waals surface area contributed by atoms with E-state index in [9.17, 15) is 9.59 Å². The summed E-state index contributed by atoms with van der Waals surface area (Å²) >= 11 is 0. The van der Waals surface area contributed by atoms with E-state index in [-0.39, 0.29) is 30.3 Å². The van der Waals surface area contributed by atoms with E-state index in [0.717, 1.165) is 55.6 Å². The summed E-state index contributed by atoms with van der Waals surface area (Å²) in [5.74, 6) is 3.16. The first-order valence-electron chi connectivity index (χ1n) is 12.8. The average Bonchev–Trinajstić information content (AvgIpc) is 3.66. The maximum absolute atomic E-state index is 13.6. The Labute approximate surface area is 208 Å². The molecule has 0 bridgehead atoms. The van der Waals surface area contributed by atoms with Crippen molar-refractivity contribution in [1.29, 1.82) is 0 Å². The predicted molar refractivity (Wildman–Crippen MR) is 133 cm³/mol. The number of rotatable bonds is 11. The largest absolute Gasteiger partial charge is 0.493 e. The van der Waals surface area contributed by atoms with Gasteiger partial charge in [-0.05, 0) is 68.9 Å². The van der Waals surface area contributed by atoms with Crippen molar-refractivity contribution in [1.82, 2.24) is 9.80 Å². The van der Waals surface area contributed by atoms with Gasteiger partial charge < -0.3 is 23.7 Å². The molecule has 2 aliphatic carbocycles. The molecule has 2 aliphatic rings. The van der Waals surface area contributed by atoms with Crippen molar-refractivity contribution >= 4 is 11.8 Å². The van der Waals surface area contributed by atoms with Crippen LogP contribution in [0, 0.1) is 12.8 Å². The van der Waals surface area contributed by atoms with Crippen LogP contribution in [-0.2, 0) is 22.6 Å². The van der Waals surface area contributed by atoms with Gasteiger partial charge in [-0.15, -0.1) is 0 Å². The fourth-order valence-electron chi connectivity index (χ4n) is 4.94. The SMILES string of the molecule is COc1ccc(CCN(Cc2ccc(C)o2)C(=O)CN(C(=O)C2CC2)C2CCCCC2)cc1OC. The van der Waals surface area contributed by atoms with Gasteiger partial charge in [0.2, 0.25) is 11.8 Å². The number of furan rings is 1. The smallest absolute Gasteiger partial charge is 0.242 e. The first kappa shape index (κ1) is 25.1. The van der Waals surface area contributed by atoms with Crippen molar-refractivity contribution in [3.05, 3.63) is 47.4 Å². The summed E-state index contributed by atoms with van der Waals surface area (Å²) in [4.78, 5) is 30.5. The van der Waals surface area contributed by atoms with Crippen molar-refractivity contribution in [2.75, 3.05) is 27.3 Å². The van der Waals surface area contributed by atoms with Gasteiger partial charge in [-0.3, -0.25) is 9.59 Å². The number of nitrogens with zero attached hydrogens (tertiary/aromatic N) is 2. The number of methoxy groups -OCH3 is 2. The topological polar surface area (TPSA) is 72.2 Å². The quantitative estimate of drug-likeness (QED) is 0.462. The van der Waals surface area contributed by atoms with Crippen LogP contribution in [0.25, 0.3) is 0 Å². The predicted octanol–water partition coefficient (Wildman–Crippen LogP) is 4.75. The zero-order valence-corrected chi connectivity index (χ0v) is 21.3. The Bertz CT molecular complexity index is 1010.